The number of aliphatic imine (C=N–C) groups is 1. The first kappa shape index (κ1) is 17.4. The smallest absolute Gasteiger partial charge is 0.263 e. The Morgan fingerprint density at radius 2 is 2.04 bits per heavy atom. The highest BCUT2D eigenvalue weighted by molar-refractivity contribution is 7.90. The minimum atomic E-state index is -3.60. The van der Waals surface area contributed by atoms with E-state index in [-0.39, 0.29) is 22.6 Å². The number of hydrogen-bond acceptors (Lipinski definition) is 5. The SMILES string of the molecule is CC(C)CC(N=C1NS(=O)(=O)c2ccccc21)C(=O)NCCN. The van der Waals surface area contributed by atoms with Crippen LogP contribution < -0.4 is 15.8 Å². The minimum Gasteiger partial charge on any atom is -0.353 e. The van der Waals surface area contributed by atoms with Crippen LogP contribution in [0.1, 0.15) is 25.8 Å². The molecule has 0 spiro atoms. The van der Waals surface area contributed by atoms with E-state index in [0.717, 1.165) is 0 Å². The van der Waals surface area contributed by atoms with Gasteiger partial charge in [0.25, 0.3) is 10.0 Å². The number of carbonyl (C=O) groups is 1. The van der Waals surface area contributed by atoms with E-state index >= 15 is 0 Å². The van der Waals surface area contributed by atoms with Crippen LogP contribution in [0.15, 0.2) is 34.2 Å². The zero-order valence-corrected chi connectivity index (χ0v) is 14.1. The first-order valence-electron chi connectivity index (χ1n) is 7.53. The van der Waals surface area contributed by atoms with E-state index in [2.05, 4.69) is 15.0 Å². The lowest BCUT2D eigenvalue weighted by atomic mass is 10.0. The summed E-state index contributed by atoms with van der Waals surface area (Å²) in [6, 6.07) is 5.93. The predicted octanol–water partition coefficient (Wildman–Crippen LogP) is 0.215. The van der Waals surface area contributed by atoms with E-state index in [1.165, 1.54) is 6.07 Å². The van der Waals surface area contributed by atoms with Crippen LogP contribution in [0.5, 0.6) is 0 Å². The van der Waals surface area contributed by atoms with E-state index in [1.54, 1.807) is 18.2 Å². The van der Waals surface area contributed by atoms with E-state index in [4.69, 9.17) is 5.73 Å². The molecule has 1 aromatic carbocycles. The second-order valence-corrected chi connectivity index (χ2v) is 7.46. The molecule has 0 saturated heterocycles. The predicted molar refractivity (Wildman–Crippen MR) is 88.6 cm³/mol. The lowest BCUT2D eigenvalue weighted by Crippen LogP contribution is -2.38. The van der Waals surface area contributed by atoms with Gasteiger partial charge in [-0.1, -0.05) is 26.0 Å². The molecular formula is C15H22N4O3S. The number of amides is 1. The number of carbonyl (C=O) groups excluding carboxylic acids is 1. The average Bonchev–Trinajstić information content (AvgIpc) is 2.75. The number of fused-ring (bicyclic) bond motifs is 1. The maximum Gasteiger partial charge on any atom is 0.263 e. The van der Waals surface area contributed by atoms with E-state index in [0.29, 0.717) is 25.1 Å². The highest BCUT2D eigenvalue weighted by Crippen LogP contribution is 2.23. The van der Waals surface area contributed by atoms with E-state index in [1.807, 2.05) is 13.8 Å². The lowest BCUT2D eigenvalue weighted by Gasteiger charge is -2.15. The van der Waals surface area contributed by atoms with Crippen molar-refractivity contribution in [3.63, 3.8) is 0 Å². The van der Waals surface area contributed by atoms with Crippen molar-refractivity contribution in [1.82, 2.24) is 10.0 Å². The zero-order valence-electron chi connectivity index (χ0n) is 13.2. The van der Waals surface area contributed by atoms with Gasteiger partial charge < -0.3 is 11.1 Å². The highest BCUT2D eigenvalue weighted by atomic mass is 32.2. The Morgan fingerprint density at radius 1 is 1.35 bits per heavy atom. The summed E-state index contributed by atoms with van der Waals surface area (Å²) in [6.07, 6.45) is 0.518. The molecule has 1 aliphatic heterocycles. The molecule has 8 heteroatoms. The van der Waals surface area contributed by atoms with Crippen LogP contribution in [-0.2, 0) is 14.8 Å². The average molecular weight is 338 g/mol. The van der Waals surface area contributed by atoms with Gasteiger partial charge >= 0.3 is 0 Å². The molecule has 0 bridgehead atoms. The van der Waals surface area contributed by atoms with Gasteiger partial charge in [-0.2, -0.15) is 0 Å². The standard InChI is InChI=1S/C15H22N4O3S/c1-10(2)9-12(15(20)17-8-7-16)18-14-11-5-3-4-6-13(11)23(21,22)19-14/h3-6,10,12H,7-9,16H2,1-2H3,(H,17,20)(H,18,19). The van der Waals surface area contributed by atoms with Gasteiger partial charge in [0.05, 0.1) is 4.90 Å². The molecule has 0 radical (unpaired) electrons. The molecule has 1 amide bonds. The van der Waals surface area contributed by atoms with Crippen LogP contribution in [0.25, 0.3) is 0 Å². The topological polar surface area (TPSA) is 114 Å². The molecule has 0 fully saturated rings. The van der Waals surface area contributed by atoms with Gasteiger partial charge in [0.2, 0.25) is 5.91 Å². The Balaban J connectivity index is 2.34. The van der Waals surface area contributed by atoms with Crippen molar-refractivity contribution < 1.29 is 13.2 Å². The van der Waals surface area contributed by atoms with E-state index in [9.17, 15) is 13.2 Å². The molecule has 1 aromatic rings. The lowest BCUT2D eigenvalue weighted by molar-refractivity contribution is -0.122. The summed E-state index contributed by atoms with van der Waals surface area (Å²) in [5.74, 6) is 0.204. The van der Waals surface area contributed by atoms with Gasteiger partial charge in [0.1, 0.15) is 11.9 Å². The number of nitrogens with zero attached hydrogens (tertiary/aromatic N) is 1. The molecule has 126 valence electrons. The summed E-state index contributed by atoms with van der Waals surface area (Å²) < 4.78 is 26.6. The first-order chi connectivity index (χ1) is 10.8. The Labute approximate surface area is 136 Å². The van der Waals surface area contributed by atoms with Gasteiger partial charge in [-0.15, -0.1) is 0 Å². The summed E-state index contributed by atoms with van der Waals surface area (Å²) in [5.41, 5.74) is 5.89. The quantitative estimate of drug-likeness (QED) is 0.688. The number of nitrogens with two attached hydrogens (primary N) is 1. The van der Waals surface area contributed by atoms with Crippen LogP contribution in [0.4, 0.5) is 0 Å². The second-order valence-electron chi connectivity index (χ2n) is 5.80. The Bertz CT molecular complexity index is 713. The van der Waals surface area contributed by atoms with Crippen molar-refractivity contribution in [2.75, 3.05) is 13.1 Å². The fourth-order valence-corrected chi connectivity index (χ4v) is 3.60. The van der Waals surface area contributed by atoms with Crippen LogP contribution in [-0.4, -0.2) is 39.3 Å². The van der Waals surface area contributed by atoms with Gasteiger partial charge in [0, 0.05) is 18.7 Å². The van der Waals surface area contributed by atoms with Crippen molar-refractivity contribution in [2.45, 2.75) is 31.2 Å². The number of sulfonamides is 1. The second kappa shape index (κ2) is 7.10. The molecule has 2 rings (SSSR count). The fourth-order valence-electron chi connectivity index (χ4n) is 2.36. The van der Waals surface area contributed by atoms with Crippen molar-refractivity contribution in [1.29, 1.82) is 0 Å². The summed E-state index contributed by atoms with van der Waals surface area (Å²) in [7, 11) is -3.60. The van der Waals surface area contributed by atoms with Crippen molar-refractivity contribution in [3.8, 4) is 0 Å². The third-order valence-corrected chi connectivity index (χ3v) is 4.79. The number of rotatable bonds is 6. The first-order valence-corrected chi connectivity index (χ1v) is 9.01. The molecule has 7 nitrogen and oxygen atoms in total. The number of nitrogens with one attached hydrogen (secondary N) is 2. The van der Waals surface area contributed by atoms with Crippen molar-refractivity contribution in [3.05, 3.63) is 29.8 Å². The molecule has 1 unspecified atom stereocenters. The third-order valence-electron chi connectivity index (χ3n) is 3.39. The van der Waals surface area contributed by atoms with Gasteiger partial charge in [-0.05, 0) is 24.5 Å². The largest absolute Gasteiger partial charge is 0.353 e. The Morgan fingerprint density at radius 3 is 2.70 bits per heavy atom. The molecule has 0 saturated carbocycles. The van der Waals surface area contributed by atoms with Crippen LogP contribution in [0, 0.1) is 5.92 Å². The Kier molecular flexibility index (Phi) is 5.38. The van der Waals surface area contributed by atoms with Gasteiger partial charge in [-0.25, -0.2) is 8.42 Å². The maximum absolute atomic E-state index is 12.2. The monoisotopic (exact) mass is 338 g/mol. The maximum atomic E-state index is 12.2. The van der Waals surface area contributed by atoms with Crippen molar-refractivity contribution >= 4 is 21.8 Å². The van der Waals surface area contributed by atoms with E-state index < -0.39 is 16.1 Å². The number of benzene rings is 1. The van der Waals surface area contributed by atoms with Gasteiger partial charge in [0.15, 0.2) is 0 Å². The van der Waals surface area contributed by atoms with Gasteiger partial charge in [-0.3, -0.25) is 14.5 Å². The summed E-state index contributed by atoms with van der Waals surface area (Å²) in [4.78, 5) is 16.8. The van der Waals surface area contributed by atoms with Crippen molar-refractivity contribution in [2.24, 2.45) is 16.6 Å². The number of amidine groups is 1. The van der Waals surface area contributed by atoms with Crippen LogP contribution >= 0.6 is 0 Å². The van der Waals surface area contributed by atoms with Crippen LogP contribution in [0.3, 0.4) is 0 Å². The summed E-state index contributed by atoms with van der Waals surface area (Å²) in [5, 5.41) is 2.71. The zero-order chi connectivity index (χ0) is 17.0. The molecule has 0 aliphatic carbocycles. The molecule has 0 aromatic heterocycles. The van der Waals surface area contributed by atoms with Crippen LogP contribution in [0.2, 0.25) is 0 Å². The highest BCUT2D eigenvalue weighted by Gasteiger charge is 2.31. The molecule has 23 heavy (non-hydrogen) atoms. The molecular weight excluding hydrogens is 316 g/mol. The summed E-state index contributed by atoms with van der Waals surface area (Å²) in [6.45, 7) is 4.67. The fraction of sp³-hybridized carbons (Fsp3) is 0.467. The molecule has 1 aliphatic rings. The minimum absolute atomic E-state index is 0.185. The molecule has 1 atom stereocenters. The molecule has 1 heterocycles. The third kappa shape index (κ3) is 4.08. The molecule has 4 N–H and O–H groups in total. The normalized spacial score (nSPS) is 18.5. The summed E-state index contributed by atoms with van der Waals surface area (Å²) >= 11 is 0. The number of hydrogen-bond donors (Lipinski definition) is 3. The Hall–Kier alpha value is -1.93.